The van der Waals surface area contributed by atoms with E-state index in [-0.39, 0.29) is 6.04 Å². The molecule has 0 radical (unpaired) electrons. The first-order valence-corrected chi connectivity index (χ1v) is 4.83. The Morgan fingerprint density at radius 1 is 1.60 bits per heavy atom. The lowest BCUT2D eigenvalue weighted by molar-refractivity contribution is -0.181. The topological polar surface area (TPSA) is 55.0 Å². The molecule has 0 aliphatic rings. The smallest absolute Gasteiger partial charge is 0.184 e. The zero-order chi connectivity index (χ0) is 11.5. The van der Waals surface area contributed by atoms with Gasteiger partial charge in [0.2, 0.25) is 0 Å². The Bertz CT molecular complexity index is 341. The molecule has 0 amide bonds. The molecule has 2 atom stereocenters. The van der Waals surface area contributed by atoms with Crippen LogP contribution in [0.3, 0.4) is 0 Å². The average Bonchev–Trinajstić information content (AvgIpc) is 2.60. The predicted molar refractivity (Wildman–Crippen MR) is 58.1 cm³/mol. The number of nitrogens with zero attached hydrogens (tertiary/aromatic N) is 1. The van der Waals surface area contributed by atoms with Crippen LogP contribution in [0.25, 0.3) is 0 Å². The third-order valence-electron chi connectivity index (χ3n) is 2.37. The van der Waals surface area contributed by atoms with E-state index in [2.05, 4.69) is 4.99 Å². The van der Waals surface area contributed by atoms with Crippen LogP contribution in [-0.2, 0) is 4.74 Å². The number of hydrogen-bond donors (Lipinski definition) is 1. The number of rotatable bonds is 4. The summed E-state index contributed by atoms with van der Waals surface area (Å²) in [4.78, 5) is 4.16. The van der Waals surface area contributed by atoms with Gasteiger partial charge in [-0.2, -0.15) is 0 Å². The third-order valence-corrected chi connectivity index (χ3v) is 2.37. The maximum Gasteiger partial charge on any atom is 0.184 e. The minimum Gasteiger partial charge on any atom is -0.460 e. The second-order valence-electron chi connectivity index (χ2n) is 3.66. The summed E-state index contributed by atoms with van der Waals surface area (Å²) >= 11 is 0. The van der Waals surface area contributed by atoms with Crippen molar-refractivity contribution in [2.45, 2.75) is 32.6 Å². The second-order valence-corrected chi connectivity index (χ2v) is 3.66. The van der Waals surface area contributed by atoms with Crippen molar-refractivity contribution in [1.29, 1.82) is 0 Å². The molecule has 84 valence electrons. The number of furan rings is 1. The van der Waals surface area contributed by atoms with Crippen LogP contribution in [0.2, 0.25) is 0 Å². The predicted octanol–water partition coefficient (Wildman–Crippen LogP) is 1.75. The van der Waals surface area contributed by atoms with Crippen molar-refractivity contribution >= 4 is 6.21 Å². The molecule has 1 heterocycles. The van der Waals surface area contributed by atoms with E-state index in [0.29, 0.717) is 5.76 Å². The van der Waals surface area contributed by atoms with Gasteiger partial charge in [0.05, 0.1) is 6.21 Å². The molecule has 0 saturated heterocycles. The highest BCUT2D eigenvalue weighted by molar-refractivity contribution is 5.76. The molecule has 1 rings (SSSR count). The highest BCUT2D eigenvalue weighted by atomic mass is 16.6. The first-order valence-electron chi connectivity index (χ1n) is 4.83. The van der Waals surface area contributed by atoms with Gasteiger partial charge in [0.15, 0.2) is 5.79 Å². The van der Waals surface area contributed by atoms with Gasteiger partial charge < -0.3 is 14.3 Å². The summed E-state index contributed by atoms with van der Waals surface area (Å²) < 4.78 is 10.2. The molecular formula is C11H17NO3. The van der Waals surface area contributed by atoms with Crippen LogP contribution >= 0.6 is 0 Å². The molecule has 1 N–H and O–H groups in total. The molecule has 2 unspecified atom stereocenters. The van der Waals surface area contributed by atoms with Crippen molar-refractivity contribution in [2.24, 2.45) is 4.99 Å². The molecule has 0 spiro atoms. The molecule has 0 aromatic carbocycles. The van der Waals surface area contributed by atoms with E-state index in [1.807, 2.05) is 19.1 Å². The number of hydrogen-bond acceptors (Lipinski definition) is 4. The number of aliphatic hydroxyl groups is 1. The normalized spacial score (nSPS) is 17.9. The van der Waals surface area contributed by atoms with Crippen molar-refractivity contribution in [3.63, 3.8) is 0 Å². The maximum atomic E-state index is 9.71. The Balaban J connectivity index is 2.66. The molecule has 0 bridgehead atoms. The van der Waals surface area contributed by atoms with Crippen LogP contribution in [0, 0.1) is 6.92 Å². The molecule has 1 aromatic heterocycles. The van der Waals surface area contributed by atoms with Gasteiger partial charge in [-0.15, -0.1) is 0 Å². The lowest BCUT2D eigenvalue weighted by atomic mass is 10.1. The van der Waals surface area contributed by atoms with Gasteiger partial charge in [-0.25, -0.2) is 0 Å². The number of aliphatic imine (C=N–C) groups is 1. The first-order chi connectivity index (χ1) is 6.95. The van der Waals surface area contributed by atoms with E-state index >= 15 is 0 Å². The molecule has 4 nitrogen and oxygen atoms in total. The standard InChI is InChI=1S/C11H17NO3/c1-8-5-6-10(15-8)7-12-9(2)11(3,13)14-4/h5-7,9,13H,1-4H3. The third kappa shape index (κ3) is 3.18. The highest BCUT2D eigenvalue weighted by Crippen LogP contribution is 2.13. The summed E-state index contributed by atoms with van der Waals surface area (Å²) in [5.74, 6) is 0.256. The van der Waals surface area contributed by atoms with Crippen LogP contribution in [0.5, 0.6) is 0 Å². The van der Waals surface area contributed by atoms with Crippen LogP contribution in [0.4, 0.5) is 0 Å². The van der Waals surface area contributed by atoms with Gasteiger partial charge >= 0.3 is 0 Å². The van der Waals surface area contributed by atoms with Gasteiger partial charge in [-0.05, 0) is 32.9 Å². The van der Waals surface area contributed by atoms with E-state index in [9.17, 15) is 5.11 Å². The molecule has 0 aliphatic heterocycles. The second kappa shape index (κ2) is 4.59. The van der Waals surface area contributed by atoms with Gasteiger partial charge in [0.1, 0.15) is 17.6 Å². The Labute approximate surface area is 89.6 Å². The molecule has 0 saturated carbocycles. The quantitative estimate of drug-likeness (QED) is 0.609. The Hall–Kier alpha value is -1.13. The fraction of sp³-hybridized carbons (Fsp3) is 0.545. The van der Waals surface area contributed by atoms with Gasteiger partial charge in [0.25, 0.3) is 0 Å². The molecular weight excluding hydrogens is 194 g/mol. The Kier molecular flexibility index (Phi) is 3.66. The summed E-state index contributed by atoms with van der Waals surface area (Å²) in [5.41, 5.74) is 0. The van der Waals surface area contributed by atoms with Crippen LogP contribution in [-0.4, -0.2) is 30.3 Å². The van der Waals surface area contributed by atoms with Crippen molar-refractivity contribution < 1.29 is 14.3 Å². The van der Waals surface area contributed by atoms with Crippen LogP contribution in [0.15, 0.2) is 21.5 Å². The summed E-state index contributed by atoms with van der Waals surface area (Å²) in [6, 6.07) is 3.33. The molecule has 1 aromatic rings. The maximum absolute atomic E-state index is 9.71. The molecule has 0 fully saturated rings. The Morgan fingerprint density at radius 3 is 2.73 bits per heavy atom. The monoisotopic (exact) mass is 211 g/mol. The van der Waals surface area contributed by atoms with Crippen LogP contribution in [0.1, 0.15) is 25.4 Å². The average molecular weight is 211 g/mol. The lowest BCUT2D eigenvalue weighted by Gasteiger charge is -2.25. The summed E-state index contributed by atoms with van der Waals surface area (Å²) in [6.45, 7) is 5.21. The lowest BCUT2D eigenvalue weighted by Crippen LogP contribution is -2.37. The van der Waals surface area contributed by atoms with Crippen LogP contribution < -0.4 is 0 Å². The number of methoxy groups -OCH3 is 1. The fourth-order valence-electron chi connectivity index (χ4n) is 1.02. The largest absolute Gasteiger partial charge is 0.460 e. The van der Waals surface area contributed by atoms with Crippen molar-refractivity contribution in [3.05, 3.63) is 23.7 Å². The van der Waals surface area contributed by atoms with E-state index in [4.69, 9.17) is 9.15 Å². The van der Waals surface area contributed by atoms with Crippen molar-refractivity contribution in [1.82, 2.24) is 0 Å². The number of aryl methyl sites for hydroxylation is 1. The minimum absolute atomic E-state index is 0.354. The Morgan fingerprint density at radius 2 is 2.27 bits per heavy atom. The fourth-order valence-corrected chi connectivity index (χ4v) is 1.02. The molecule has 15 heavy (non-hydrogen) atoms. The number of ether oxygens (including phenoxy) is 1. The SMILES string of the molecule is COC(C)(O)C(C)N=Cc1ccc(C)o1. The minimum atomic E-state index is -1.25. The van der Waals surface area contributed by atoms with E-state index in [0.717, 1.165) is 5.76 Å². The van der Waals surface area contributed by atoms with E-state index in [1.165, 1.54) is 7.11 Å². The zero-order valence-electron chi connectivity index (χ0n) is 9.52. The van der Waals surface area contributed by atoms with Crippen molar-refractivity contribution in [3.8, 4) is 0 Å². The van der Waals surface area contributed by atoms with Gasteiger partial charge in [-0.1, -0.05) is 0 Å². The highest BCUT2D eigenvalue weighted by Gasteiger charge is 2.26. The van der Waals surface area contributed by atoms with E-state index in [1.54, 1.807) is 20.1 Å². The van der Waals surface area contributed by atoms with E-state index < -0.39 is 5.79 Å². The molecule has 0 aliphatic carbocycles. The van der Waals surface area contributed by atoms with Gasteiger partial charge in [-0.3, -0.25) is 4.99 Å². The summed E-state index contributed by atoms with van der Waals surface area (Å²) in [5, 5.41) is 9.71. The molecule has 4 heteroatoms. The first kappa shape index (κ1) is 11.9. The summed E-state index contributed by atoms with van der Waals surface area (Å²) in [6.07, 6.45) is 1.59. The zero-order valence-corrected chi connectivity index (χ0v) is 9.52. The van der Waals surface area contributed by atoms with Crippen molar-refractivity contribution in [2.75, 3.05) is 7.11 Å². The summed E-state index contributed by atoms with van der Waals surface area (Å²) in [7, 11) is 1.45. The van der Waals surface area contributed by atoms with Gasteiger partial charge in [0, 0.05) is 7.11 Å².